The van der Waals surface area contributed by atoms with Gasteiger partial charge in [-0.3, -0.25) is 9.59 Å². The molecule has 28 heavy (non-hydrogen) atoms. The molecule has 5 nitrogen and oxygen atoms in total. The standard InChI is InChI=1S/C21H23ClFN3O2/c1-15-3-2-4-17(13-15)25-9-11-26(12-10-25)20(27)7-8-24-21(28)18-6-5-16(23)14-19(18)22/h2-6,13-14H,7-12H2,1H3,(H,24,28). The first-order chi connectivity index (χ1) is 13.4. The van der Waals surface area contributed by atoms with E-state index in [4.69, 9.17) is 11.6 Å². The molecule has 2 amide bonds. The minimum absolute atomic E-state index is 0.00870. The molecule has 1 aliphatic heterocycles. The van der Waals surface area contributed by atoms with Gasteiger partial charge in [-0.05, 0) is 42.8 Å². The molecule has 0 radical (unpaired) electrons. The number of hydrogen-bond acceptors (Lipinski definition) is 3. The van der Waals surface area contributed by atoms with Crippen LogP contribution in [0.25, 0.3) is 0 Å². The Balaban J connectivity index is 1.44. The lowest BCUT2D eigenvalue weighted by Crippen LogP contribution is -2.49. The lowest BCUT2D eigenvalue weighted by molar-refractivity contribution is -0.131. The number of nitrogens with one attached hydrogen (secondary N) is 1. The van der Waals surface area contributed by atoms with Crippen LogP contribution in [0.2, 0.25) is 5.02 Å². The highest BCUT2D eigenvalue weighted by Gasteiger charge is 2.21. The molecule has 2 aromatic carbocycles. The number of anilines is 1. The first-order valence-corrected chi connectivity index (χ1v) is 9.64. The Kier molecular flexibility index (Phi) is 6.52. The topological polar surface area (TPSA) is 52.6 Å². The normalized spacial score (nSPS) is 14.1. The highest BCUT2D eigenvalue weighted by atomic mass is 35.5. The molecule has 1 fully saturated rings. The Bertz CT molecular complexity index is 866. The van der Waals surface area contributed by atoms with Crippen LogP contribution in [-0.2, 0) is 4.79 Å². The molecular formula is C21H23ClFN3O2. The van der Waals surface area contributed by atoms with E-state index >= 15 is 0 Å². The first kappa shape index (κ1) is 20.1. The van der Waals surface area contributed by atoms with E-state index in [-0.39, 0.29) is 29.5 Å². The summed E-state index contributed by atoms with van der Waals surface area (Å²) in [4.78, 5) is 28.6. The second-order valence-corrected chi connectivity index (χ2v) is 7.24. The van der Waals surface area contributed by atoms with Crippen molar-refractivity contribution < 1.29 is 14.0 Å². The average Bonchev–Trinajstić information content (AvgIpc) is 2.68. The summed E-state index contributed by atoms with van der Waals surface area (Å²) >= 11 is 5.88. The summed E-state index contributed by atoms with van der Waals surface area (Å²) in [7, 11) is 0. The van der Waals surface area contributed by atoms with Crippen molar-refractivity contribution in [3.05, 3.63) is 64.4 Å². The number of aryl methyl sites for hydroxylation is 1. The molecule has 0 unspecified atom stereocenters. The van der Waals surface area contributed by atoms with Gasteiger partial charge in [0.1, 0.15) is 5.82 Å². The van der Waals surface area contributed by atoms with Gasteiger partial charge in [0.15, 0.2) is 0 Å². The fourth-order valence-corrected chi connectivity index (χ4v) is 3.50. The van der Waals surface area contributed by atoms with Crippen molar-refractivity contribution in [3.63, 3.8) is 0 Å². The van der Waals surface area contributed by atoms with Crippen molar-refractivity contribution >= 4 is 29.1 Å². The number of rotatable bonds is 5. The Morgan fingerprint density at radius 3 is 2.54 bits per heavy atom. The maximum atomic E-state index is 13.1. The number of nitrogens with zero attached hydrogens (tertiary/aromatic N) is 2. The fraction of sp³-hybridized carbons (Fsp3) is 0.333. The largest absolute Gasteiger partial charge is 0.368 e. The van der Waals surface area contributed by atoms with Gasteiger partial charge in [0.05, 0.1) is 10.6 Å². The van der Waals surface area contributed by atoms with Gasteiger partial charge in [-0.2, -0.15) is 0 Å². The zero-order chi connectivity index (χ0) is 20.1. The number of amides is 2. The molecule has 1 N–H and O–H groups in total. The maximum Gasteiger partial charge on any atom is 0.252 e. The third-order valence-corrected chi connectivity index (χ3v) is 5.11. The van der Waals surface area contributed by atoms with E-state index in [1.165, 1.54) is 23.4 Å². The highest BCUT2D eigenvalue weighted by Crippen LogP contribution is 2.18. The van der Waals surface area contributed by atoms with E-state index in [0.29, 0.717) is 13.1 Å². The predicted molar refractivity (Wildman–Crippen MR) is 108 cm³/mol. The van der Waals surface area contributed by atoms with Crippen molar-refractivity contribution in [3.8, 4) is 0 Å². The van der Waals surface area contributed by atoms with Crippen molar-refractivity contribution in [2.45, 2.75) is 13.3 Å². The molecule has 2 aromatic rings. The van der Waals surface area contributed by atoms with Crippen LogP contribution < -0.4 is 10.2 Å². The smallest absolute Gasteiger partial charge is 0.252 e. The van der Waals surface area contributed by atoms with E-state index in [1.54, 1.807) is 0 Å². The van der Waals surface area contributed by atoms with Gasteiger partial charge in [-0.25, -0.2) is 4.39 Å². The van der Waals surface area contributed by atoms with E-state index in [1.807, 2.05) is 11.0 Å². The van der Waals surface area contributed by atoms with E-state index in [2.05, 4.69) is 35.3 Å². The monoisotopic (exact) mass is 403 g/mol. The van der Waals surface area contributed by atoms with Crippen molar-refractivity contribution in [2.24, 2.45) is 0 Å². The zero-order valence-electron chi connectivity index (χ0n) is 15.8. The lowest BCUT2D eigenvalue weighted by Gasteiger charge is -2.36. The van der Waals surface area contributed by atoms with Crippen LogP contribution in [0.4, 0.5) is 10.1 Å². The maximum absolute atomic E-state index is 13.1. The molecule has 0 aromatic heterocycles. The highest BCUT2D eigenvalue weighted by molar-refractivity contribution is 6.33. The number of piperazine rings is 1. The fourth-order valence-electron chi connectivity index (χ4n) is 3.25. The van der Waals surface area contributed by atoms with Crippen LogP contribution in [0, 0.1) is 12.7 Å². The van der Waals surface area contributed by atoms with Gasteiger partial charge in [-0.15, -0.1) is 0 Å². The van der Waals surface area contributed by atoms with Gasteiger partial charge in [0.2, 0.25) is 5.91 Å². The van der Waals surface area contributed by atoms with Crippen LogP contribution in [0.1, 0.15) is 22.3 Å². The Morgan fingerprint density at radius 1 is 1.11 bits per heavy atom. The minimum Gasteiger partial charge on any atom is -0.368 e. The summed E-state index contributed by atoms with van der Waals surface area (Å²) in [5, 5.41) is 2.72. The third-order valence-electron chi connectivity index (χ3n) is 4.80. The second-order valence-electron chi connectivity index (χ2n) is 6.84. The Labute approximate surface area is 169 Å². The summed E-state index contributed by atoms with van der Waals surface area (Å²) in [5.41, 5.74) is 2.59. The molecule has 1 aliphatic rings. The molecule has 0 saturated carbocycles. The molecular weight excluding hydrogens is 381 g/mol. The van der Waals surface area contributed by atoms with Crippen LogP contribution in [0.15, 0.2) is 42.5 Å². The zero-order valence-corrected chi connectivity index (χ0v) is 16.5. The average molecular weight is 404 g/mol. The molecule has 1 saturated heterocycles. The van der Waals surface area contributed by atoms with Gasteiger partial charge in [0, 0.05) is 44.8 Å². The Morgan fingerprint density at radius 2 is 1.86 bits per heavy atom. The number of hydrogen-bond donors (Lipinski definition) is 1. The molecule has 3 rings (SSSR count). The van der Waals surface area contributed by atoms with Crippen molar-refractivity contribution in [1.82, 2.24) is 10.2 Å². The van der Waals surface area contributed by atoms with Crippen molar-refractivity contribution in [1.29, 1.82) is 0 Å². The molecule has 0 spiro atoms. The lowest BCUT2D eigenvalue weighted by atomic mass is 10.2. The SMILES string of the molecule is Cc1cccc(N2CCN(C(=O)CCNC(=O)c3ccc(F)cc3Cl)CC2)c1. The first-order valence-electron chi connectivity index (χ1n) is 9.26. The number of carbonyl (C=O) groups is 2. The molecule has 148 valence electrons. The van der Waals surface area contributed by atoms with Crippen LogP contribution in [0.5, 0.6) is 0 Å². The molecule has 1 heterocycles. The predicted octanol–water partition coefficient (Wildman–Crippen LogP) is 3.26. The number of benzene rings is 2. The summed E-state index contributed by atoms with van der Waals surface area (Å²) in [6.07, 6.45) is 0.217. The summed E-state index contributed by atoms with van der Waals surface area (Å²) in [5.74, 6) is -0.905. The van der Waals surface area contributed by atoms with Crippen LogP contribution >= 0.6 is 11.6 Å². The molecule has 0 aliphatic carbocycles. The molecule has 0 atom stereocenters. The Hall–Kier alpha value is -2.60. The number of halogens is 2. The van der Waals surface area contributed by atoms with Crippen LogP contribution in [-0.4, -0.2) is 49.4 Å². The number of carbonyl (C=O) groups excluding carboxylic acids is 2. The summed E-state index contributed by atoms with van der Waals surface area (Å²) < 4.78 is 13.1. The second kappa shape index (κ2) is 9.06. The summed E-state index contributed by atoms with van der Waals surface area (Å²) in [6, 6.07) is 11.9. The van der Waals surface area contributed by atoms with Gasteiger partial charge < -0.3 is 15.1 Å². The van der Waals surface area contributed by atoms with Crippen LogP contribution in [0.3, 0.4) is 0 Å². The minimum atomic E-state index is -0.499. The summed E-state index contributed by atoms with van der Waals surface area (Å²) in [6.45, 7) is 5.16. The third kappa shape index (κ3) is 5.01. The van der Waals surface area contributed by atoms with Gasteiger partial charge >= 0.3 is 0 Å². The van der Waals surface area contributed by atoms with E-state index in [0.717, 1.165) is 19.2 Å². The van der Waals surface area contributed by atoms with Gasteiger partial charge in [-0.1, -0.05) is 23.7 Å². The molecule has 0 bridgehead atoms. The van der Waals surface area contributed by atoms with Crippen molar-refractivity contribution in [2.75, 3.05) is 37.6 Å². The quantitative estimate of drug-likeness (QED) is 0.833. The molecule has 7 heteroatoms. The van der Waals surface area contributed by atoms with E-state index < -0.39 is 11.7 Å². The van der Waals surface area contributed by atoms with E-state index in [9.17, 15) is 14.0 Å². The van der Waals surface area contributed by atoms with Gasteiger partial charge in [0.25, 0.3) is 5.91 Å².